The molecule has 0 spiro atoms. The maximum Gasteiger partial charge on any atom is 0.318 e. The van der Waals surface area contributed by atoms with Crippen LogP contribution in [0.3, 0.4) is 0 Å². The molecule has 1 aromatic carbocycles. The summed E-state index contributed by atoms with van der Waals surface area (Å²) in [4.78, 5) is 46.0. The summed E-state index contributed by atoms with van der Waals surface area (Å²) < 4.78 is 13.4. The van der Waals surface area contributed by atoms with Crippen LogP contribution in [0.4, 0.5) is 14.9 Å². The normalized spacial score (nSPS) is 13.4. The summed E-state index contributed by atoms with van der Waals surface area (Å²) >= 11 is 5.53. The highest BCUT2D eigenvalue weighted by molar-refractivity contribution is 6.53. The molecule has 1 aliphatic rings. The number of carbonyl (C=O) groups is 4. The number of halogens is 2. The van der Waals surface area contributed by atoms with Crippen LogP contribution in [0.5, 0.6) is 0 Å². The van der Waals surface area contributed by atoms with Gasteiger partial charge in [0, 0.05) is 0 Å². The number of ketones is 1. The van der Waals surface area contributed by atoms with Crippen molar-refractivity contribution in [2.45, 2.75) is 0 Å². The standard InChI is InChI=1S/C11H7ClFN3O4/c12-5-1-4-7(2-6(5)13)16(10(19)9(4)18)3-8(17)15-11(14)20/h1-2H,3H2,(H3,14,15,17,20). The fourth-order valence-corrected chi connectivity index (χ4v) is 1.93. The molecule has 2 rings (SSSR count). The average Bonchev–Trinajstić information content (AvgIpc) is 2.55. The number of fused-ring (bicyclic) bond motifs is 1. The van der Waals surface area contributed by atoms with Gasteiger partial charge in [-0.15, -0.1) is 0 Å². The van der Waals surface area contributed by atoms with Crippen molar-refractivity contribution in [3.05, 3.63) is 28.5 Å². The summed E-state index contributed by atoms with van der Waals surface area (Å²) in [5, 5.41) is 1.43. The Labute approximate surface area is 116 Å². The molecule has 0 fully saturated rings. The Balaban J connectivity index is 2.35. The number of hydrogen-bond acceptors (Lipinski definition) is 4. The lowest BCUT2D eigenvalue weighted by Gasteiger charge is -2.15. The quantitative estimate of drug-likeness (QED) is 0.760. The predicted molar refractivity (Wildman–Crippen MR) is 65.8 cm³/mol. The van der Waals surface area contributed by atoms with Gasteiger partial charge < -0.3 is 5.73 Å². The van der Waals surface area contributed by atoms with Gasteiger partial charge >= 0.3 is 6.03 Å². The number of hydrogen-bond donors (Lipinski definition) is 2. The van der Waals surface area contributed by atoms with Gasteiger partial charge in [0.1, 0.15) is 12.4 Å². The number of rotatable bonds is 2. The highest BCUT2D eigenvalue weighted by Gasteiger charge is 2.37. The van der Waals surface area contributed by atoms with Crippen molar-refractivity contribution in [2.24, 2.45) is 5.73 Å². The molecular formula is C11H7ClFN3O4. The van der Waals surface area contributed by atoms with Crippen molar-refractivity contribution in [1.29, 1.82) is 0 Å². The van der Waals surface area contributed by atoms with E-state index >= 15 is 0 Å². The number of carbonyl (C=O) groups excluding carboxylic acids is 4. The Kier molecular flexibility index (Phi) is 3.41. The first-order valence-electron chi connectivity index (χ1n) is 5.25. The molecule has 1 aliphatic heterocycles. The fourth-order valence-electron chi connectivity index (χ4n) is 1.77. The van der Waals surface area contributed by atoms with E-state index in [9.17, 15) is 23.6 Å². The minimum absolute atomic E-state index is 0.0819. The third kappa shape index (κ3) is 2.32. The zero-order chi connectivity index (χ0) is 15.0. The third-order valence-corrected chi connectivity index (χ3v) is 2.87. The summed E-state index contributed by atoms with van der Waals surface area (Å²) in [7, 11) is 0. The molecule has 0 aromatic heterocycles. The van der Waals surface area contributed by atoms with Gasteiger partial charge in [0.2, 0.25) is 5.91 Å². The van der Waals surface area contributed by atoms with Crippen molar-refractivity contribution in [3.8, 4) is 0 Å². The van der Waals surface area contributed by atoms with Crippen LogP contribution < -0.4 is 16.0 Å². The molecule has 0 atom stereocenters. The Bertz CT molecular complexity index is 661. The first-order valence-corrected chi connectivity index (χ1v) is 5.63. The molecule has 0 unspecified atom stereocenters. The summed E-state index contributed by atoms with van der Waals surface area (Å²) in [6, 6.07) is 0.784. The number of primary amides is 1. The molecule has 0 saturated heterocycles. The number of nitrogens with two attached hydrogens (primary N) is 1. The molecule has 1 heterocycles. The smallest absolute Gasteiger partial charge is 0.318 e. The summed E-state index contributed by atoms with van der Waals surface area (Å²) in [6.45, 7) is -0.637. The third-order valence-electron chi connectivity index (χ3n) is 2.58. The minimum Gasteiger partial charge on any atom is -0.351 e. The summed E-state index contributed by atoms with van der Waals surface area (Å²) in [6.07, 6.45) is 0. The molecule has 7 nitrogen and oxygen atoms in total. The van der Waals surface area contributed by atoms with Crippen LogP contribution in [0.25, 0.3) is 0 Å². The van der Waals surface area contributed by atoms with Gasteiger partial charge in [-0.1, -0.05) is 11.6 Å². The van der Waals surface area contributed by atoms with Crippen molar-refractivity contribution >= 4 is 40.9 Å². The molecule has 0 radical (unpaired) electrons. The highest BCUT2D eigenvalue weighted by atomic mass is 35.5. The van der Waals surface area contributed by atoms with Crippen molar-refractivity contribution in [3.63, 3.8) is 0 Å². The lowest BCUT2D eigenvalue weighted by atomic mass is 10.1. The molecule has 0 aliphatic carbocycles. The zero-order valence-corrected chi connectivity index (χ0v) is 10.5. The monoisotopic (exact) mass is 299 g/mol. The summed E-state index contributed by atoms with van der Waals surface area (Å²) in [5.41, 5.74) is 4.56. The molecule has 4 amide bonds. The van der Waals surface area contributed by atoms with Gasteiger partial charge in [0.15, 0.2) is 0 Å². The Hall–Kier alpha value is -2.48. The number of benzene rings is 1. The molecule has 20 heavy (non-hydrogen) atoms. The first kappa shape index (κ1) is 13.9. The van der Waals surface area contributed by atoms with Gasteiger partial charge in [0.25, 0.3) is 11.7 Å². The second-order valence-corrected chi connectivity index (χ2v) is 4.32. The van der Waals surface area contributed by atoms with E-state index in [-0.39, 0.29) is 16.3 Å². The number of amides is 4. The molecule has 1 aromatic rings. The molecule has 104 valence electrons. The van der Waals surface area contributed by atoms with E-state index in [1.807, 2.05) is 0 Å². The molecule has 0 saturated carbocycles. The zero-order valence-electron chi connectivity index (χ0n) is 9.78. The number of nitrogens with one attached hydrogen (secondary N) is 1. The van der Waals surface area contributed by atoms with E-state index < -0.39 is 36.0 Å². The van der Waals surface area contributed by atoms with E-state index in [2.05, 4.69) is 0 Å². The van der Waals surface area contributed by atoms with Crippen molar-refractivity contribution < 1.29 is 23.6 Å². The topological polar surface area (TPSA) is 110 Å². The average molecular weight is 300 g/mol. The Morgan fingerprint density at radius 3 is 2.60 bits per heavy atom. The molecule has 0 bridgehead atoms. The van der Waals surface area contributed by atoms with Gasteiger partial charge in [0.05, 0.1) is 16.3 Å². The fraction of sp³-hybridized carbons (Fsp3) is 0.0909. The van der Waals surface area contributed by atoms with E-state index in [1.165, 1.54) is 0 Å². The largest absolute Gasteiger partial charge is 0.351 e. The van der Waals surface area contributed by atoms with Crippen LogP contribution in [0, 0.1) is 5.82 Å². The lowest BCUT2D eigenvalue weighted by Crippen LogP contribution is -2.44. The molecule has 3 N–H and O–H groups in total. The second-order valence-electron chi connectivity index (χ2n) is 3.92. The highest BCUT2D eigenvalue weighted by Crippen LogP contribution is 2.32. The predicted octanol–water partition coefficient (Wildman–Crippen LogP) is 0.203. The number of urea groups is 1. The maximum absolute atomic E-state index is 13.4. The van der Waals surface area contributed by atoms with Crippen LogP contribution in [-0.4, -0.2) is 30.2 Å². The van der Waals surface area contributed by atoms with Gasteiger partial charge in [-0.2, -0.15) is 0 Å². The number of Topliss-reactive ketones (excluding diaryl/α,β-unsaturated/α-hetero) is 1. The maximum atomic E-state index is 13.4. The SMILES string of the molecule is NC(=O)NC(=O)CN1C(=O)C(=O)c2cc(Cl)c(F)cc21. The second kappa shape index (κ2) is 4.89. The van der Waals surface area contributed by atoms with E-state index in [4.69, 9.17) is 17.3 Å². The first-order chi connectivity index (χ1) is 9.31. The van der Waals surface area contributed by atoms with E-state index in [0.717, 1.165) is 17.0 Å². The van der Waals surface area contributed by atoms with Crippen LogP contribution in [0.15, 0.2) is 12.1 Å². The van der Waals surface area contributed by atoms with Crippen molar-refractivity contribution in [2.75, 3.05) is 11.4 Å². The van der Waals surface area contributed by atoms with Crippen LogP contribution >= 0.6 is 11.6 Å². The summed E-state index contributed by atoms with van der Waals surface area (Å²) in [5.74, 6) is -3.66. The lowest BCUT2D eigenvalue weighted by molar-refractivity contribution is -0.121. The van der Waals surface area contributed by atoms with Crippen molar-refractivity contribution in [1.82, 2.24) is 5.32 Å². The molecular weight excluding hydrogens is 293 g/mol. The number of nitrogens with zero attached hydrogens (tertiary/aromatic N) is 1. The van der Waals surface area contributed by atoms with E-state index in [1.54, 1.807) is 5.32 Å². The van der Waals surface area contributed by atoms with Crippen LogP contribution in [0.1, 0.15) is 10.4 Å². The van der Waals surface area contributed by atoms with Gasteiger partial charge in [-0.05, 0) is 12.1 Å². The van der Waals surface area contributed by atoms with Crippen LogP contribution in [0.2, 0.25) is 5.02 Å². The molecule has 9 heteroatoms. The Morgan fingerprint density at radius 2 is 2.00 bits per heavy atom. The Morgan fingerprint density at radius 1 is 1.35 bits per heavy atom. The number of anilines is 1. The van der Waals surface area contributed by atoms with Crippen LogP contribution in [-0.2, 0) is 9.59 Å². The number of imide groups is 1. The van der Waals surface area contributed by atoms with Gasteiger partial charge in [-0.3, -0.25) is 24.6 Å². The van der Waals surface area contributed by atoms with Gasteiger partial charge in [-0.25, -0.2) is 9.18 Å². The minimum atomic E-state index is -1.10. The van der Waals surface area contributed by atoms with E-state index in [0.29, 0.717) is 0 Å².